The highest BCUT2D eigenvalue weighted by Crippen LogP contribution is 2.43. The van der Waals surface area contributed by atoms with Crippen LogP contribution in [0.2, 0.25) is 0 Å². The van der Waals surface area contributed by atoms with Gasteiger partial charge in [-0.2, -0.15) is 5.10 Å². The summed E-state index contributed by atoms with van der Waals surface area (Å²) in [7, 11) is 0. The number of hydrogen-bond donors (Lipinski definition) is 2. The average molecular weight is 821 g/mol. The fourth-order valence-electron chi connectivity index (χ4n) is 11.0. The molecule has 4 atom stereocenters. The van der Waals surface area contributed by atoms with Crippen molar-refractivity contribution < 1.29 is 23.9 Å². The third kappa shape index (κ3) is 6.79. The summed E-state index contributed by atoms with van der Waals surface area (Å²) in [6.45, 7) is 7.27. The van der Waals surface area contributed by atoms with Crippen LogP contribution in [0.25, 0.3) is 22.3 Å². The van der Waals surface area contributed by atoms with Crippen molar-refractivity contribution in [3.05, 3.63) is 90.3 Å². The summed E-state index contributed by atoms with van der Waals surface area (Å²) in [5.74, 6) is 2.08. The van der Waals surface area contributed by atoms with Gasteiger partial charge in [0.1, 0.15) is 35.4 Å². The van der Waals surface area contributed by atoms with E-state index in [2.05, 4.69) is 34.7 Å². The van der Waals surface area contributed by atoms with E-state index in [1.54, 1.807) is 12.1 Å². The first-order valence-corrected chi connectivity index (χ1v) is 21.6. The number of hydrogen-bond acceptors (Lipinski definition) is 12. The van der Waals surface area contributed by atoms with Gasteiger partial charge in [0.25, 0.3) is 11.8 Å². The Hall–Kier alpha value is -6.19. The van der Waals surface area contributed by atoms with E-state index >= 15 is 0 Å². The van der Waals surface area contributed by atoms with Gasteiger partial charge in [-0.15, -0.1) is 0 Å². The van der Waals surface area contributed by atoms with Crippen molar-refractivity contribution >= 4 is 46.2 Å². The van der Waals surface area contributed by atoms with Crippen LogP contribution in [0, 0.1) is 17.8 Å². The van der Waals surface area contributed by atoms with Gasteiger partial charge in [-0.25, -0.2) is 14.6 Å². The van der Waals surface area contributed by atoms with Crippen molar-refractivity contribution in [2.24, 2.45) is 17.8 Å². The third-order valence-electron chi connectivity index (χ3n) is 14.0. The molecule has 312 valence electrons. The van der Waals surface area contributed by atoms with Crippen molar-refractivity contribution in [2.45, 2.75) is 56.7 Å². The standard InChI is InChI=1S/C46H48N10O5/c47-42-40-41(28-6-9-35(10-7-28)61-34-4-2-1-3-5-34)51-56(43(40)49-26-48-42)31-14-16-53(17-15-31)33-18-29-24-52(25-30(29)19-33)21-27-22-54(23-27)32-8-11-36-37(20-32)46(60)55(45(36)59)38-12-13-39(57)50-44(38)58/h1-11,20,26-27,29-31,33,38H,12-19,21-25H2,(H2,47,48,49)(H,50,57,58)/t29-,30+,33?,38?. The van der Waals surface area contributed by atoms with Gasteiger partial charge < -0.3 is 25.2 Å². The fourth-order valence-corrected chi connectivity index (χ4v) is 11.0. The maximum atomic E-state index is 13.3. The van der Waals surface area contributed by atoms with Crippen LogP contribution >= 0.6 is 0 Å². The zero-order chi connectivity index (χ0) is 41.4. The molecule has 11 rings (SSSR count). The van der Waals surface area contributed by atoms with Crippen LogP contribution < -0.4 is 20.7 Å². The minimum absolute atomic E-state index is 0.104. The molecular formula is C46H48N10O5. The number of benzene rings is 3. The van der Waals surface area contributed by atoms with Gasteiger partial charge in [0.2, 0.25) is 11.8 Å². The molecule has 6 aliphatic rings. The summed E-state index contributed by atoms with van der Waals surface area (Å²) < 4.78 is 8.12. The van der Waals surface area contributed by atoms with E-state index in [1.807, 2.05) is 60.7 Å². The fraction of sp³-hybridized carbons (Fsp3) is 0.413. The molecule has 1 aliphatic carbocycles. The number of nitrogens with one attached hydrogen (secondary N) is 1. The molecule has 5 fully saturated rings. The molecule has 2 aromatic heterocycles. The van der Waals surface area contributed by atoms with E-state index in [1.165, 1.54) is 19.2 Å². The zero-order valence-corrected chi connectivity index (χ0v) is 33.9. The summed E-state index contributed by atoms with van der Waals surface area (Å²) in [6.07, 6.45) is 6.31. The lowest BCUT2D eigenvalue weighted by Gasteiger charge is -2.43. The van der Waals surface area contributed by atoms with Gasteiger partial charge in [-0.05, 0) is 98.5 Å². The molecule has 0 radical (unpaired) electrons. The van der Waals surface area contributed by atoms with Crippen molar-refractivity contribution in [3.63, 3.8) is 0 Å². The molecule has 1 saturated carbocycles. The molecule has 0 spiro atoms. The highest BCUT2D eigenvalue weighted by atomic mass is 16.5. The number of aromatic nitrogens is 4. The van der Waals surface area contributed by atoms with Crippen LogP contribution in [0.5, 0.6) is 11.5 Å². The van der Waals surface area contributed by atoms with Gasteiger partial charge in [0.15, 0.2) is 5.65 Å². The average Bonchev–Trinajstić information content (AvgIpc) is 4.01. The van der Waals surface area contributed by atoms with E-state index in [0.717, 1.165) is 115 Å². The lowest BCUT2D eigenvalue weighted by molar-refractivity contribution is -0.136. The minimum atomic E-state index is -0.957. The first kappa shape index (κ1) is 37.8. The number of anilines is 2. The van der Waals surface area contributed by atoms with Crippen molar-refractivity contribution in [3.8, 4) is 22.8 Å². The van der Waals surface area contributed by atoms with Gasteiger partial charge in [-0.1, -0.05) is 18.2 Å². The number of piperidine rings is 2. The second kappa shape index (κ2) is 15.1. The Morgan fingerprint density at radius 3 is 2.23 bits per heavy atom. The number of ether oxygens (including phenoxy) is 1. The molecule has 61 heavy (non-hydrogen) atoms. The largest absolute Gasteiger partial charge is 0.457 e. The van der Waals surface area contributed by atoms with Crippen LogP contribution in [0.1, 0.15) is 65.3 Å². The minimum Gasteiger partial charge on any atom is -0.457 e. The monoisotopic (exact) mass is 820 g/mol. The Labute approximate surface area is 352 Å². The quantitative estimate of drug-likeness (QED) is 0.196. The number of carbonyl (C=O) groups excluding carboxylic acids is 4. The third-order valence-corrected chi connectivity index (χ3v) is 14.0. The first-order valence-electron chi connectivity index (χ1n) is 21.6. The Morgan fingerprint density at radius 2 is 1.49 bits per heavy atom. The summed E-state index contributed by atoms with van der Waals surface area (Å²) in [5, 5.41) is 8.20. The number of rotatable bonds is 9. The Bertz CT molecular complexity index is 2530. The summed E-state index contributed by atoms with van der Waals surface area (Å²) in [5.41, 5.74) is 10.6. The molecule has 2 unspecified atom stereocenters. The highest BCUT2D eigenvalue weighted by Gasteiger charge is 2.46. The van der Waals surface area contributed by atoms with Gasteiger partial charge >= 0.3 is 0 Å². The highest BCUT2D eigenvalue weighted by molar-refractivity contribution is 6.23. The lowest BCUT2D eigenvalue weighted by Crippen LogP contribution is -2.54. The second-order valence-electron chi connectivity index (χ2n) is 17.8. The number of para-hydroxylation sites is 1. The maximum absolute atomic E-state index is 13.3. The Morgan fingerprint density at radius 1 is 0.770 bits per heavy atom. The van der Waals surface area contributed by atoms with Gasteiger partial charge in [-0.3, -0.25) is 29.4 Å². The normalized spacial score (nSPS) is 25.0. The molecule has 4 saturated heterocycles. The lowest BCUT2D eigenvalue weighted by atomic mass is 9.97. The SMILES string of the molecule is Nc1ncnc2c1c(-c1ccc(Oc3ccccc3)cc1)nn2C1CCN(C2C[C@@H]3CN(CC4CN(c5ccc6c(c5)C(=O)N(C5CCC(=O)NC5=O)C6=O)C4)C[C@@H]3C2)CC1. The maximum Gasteiger partial charge on any atom is 0.262 e. The van der Waals surface area contributed by atoms with E-state index in [-0.39, 0.29) is 24.8 Å². The molecular weight excluding hydrogens is 773 g/mol. The molecule has 0 bridgehead atoms. The van der Waals surface area contributed by atoms with Crippen molar-refractivity contribution in [1.82, 2.24) is 39.8 Å². The Kier molecular flexibility index (Phi) is 9.33. The number of nitrogen functional groups attached to an aromatic ring is 1. The summed E-state index contributed by atoms with van der Waals surface area (Å²) in [6, 6.07) is 23.0. The predicted octanol–water partition coefficient (Wildman–Crippen LogP) is 4.75. The number of nitrogens with two attached hydrogens (primary N) is 1. The summed E-state index contributed by atoms with van der Waals surface area (Å²) >= 11 is 0. The number of amides is 4. The molecule has 15 nitrogen and oxygen atoms in total. The molecule has 5 aliphatic heterocycles. The van der Waals surface area contributed by atoms with Gasteiger partial charge in [0.05, 0.1) is 22.6 Å². The number of nitrogens with zero attached hydrogens (tertiary/aromatic N) is 8. The van der Waals surface area contributed by atoms with E-state index in [9.17, 15) is 19.2 Å². The van der Waals surface area contributed by atoms with Gasteiger partial charge in [0, 0.05) is 75.4 Å². The van der Waals surface area contributed by atoms with Crippen LogP contribution in [0.3, 0.4) is 0 Å². The molecule has 5 aromatic rings. The van der Waals surface area contributed by atoms with Crippen LogP contribution in [0.15, 0.2) is 79.1 Å². The molecule has 7 heterocycles. The predicted molar refractivity (Wildman–Crippen MR) is 227 cm³/mol. The summed E-state index contributed by atoms with van der Waals surface area (Å²) in [4.78, 5) is 68.3. The number of imide groups is 2. The smallest absolute Gasteiger partial charge is 0.262 e. The van der Waals surface area contributed by atoms with Crippen LogP contribution in [0.4, 0.5) is 11.5 Å². The number of carbonyl (C=O) groups is 4. The number of likely N-dealkylation sites (tertiary alicyclic amines) is 2. The number of fused-ring (bicyclic) bond motifs is 3. The Balaban J connectivity index is 0.667. The van der Waals surface area contributed by atoms with E-state index in [0.29, 0.717) is 28.9 Å². The van der Waals surface area contributed by atoms with E-state index in [4.69, 9.17) is 15.6 Å². The molecule has 4 amide bonds. The molecule has 3 aromatic carbocycles. The van der Waals surface area contributed by atoms with Crippen molar-refractivity contribution in [2.75, 3.05) is 56.4 Å². The zero-order valence-electron chi connectivity index (χ0n) is 33.9. The van der Waals surface area contributed by atoms with E-state index < -0.39 is 23.8 Å². The topological polar surface area (TPSA) is 172 Å². The molecule has 3 N–H and O–H groups in total. The van der Waals surface area contributed by atoms with Crippen molar-refractivity contribution in [1.29, 1.82) is 0 Å². The first-order chi connectivity index (χ1) is 29.7. The van der Waals surface area contributed by atoms with Crippen LogP contribution in [-0.4, -0.2) is 116 Å². The molecule has 15 heteroatoms. The van der Waals surface area contributed by atoms with Crippen LogP contribution in [-0.2, 0) is 9.59 Å². The second-order valence-corrected chi connectivity index (χ2v) is 17.8.